The van der Waals surface area contributed by atoms with Crippen LogP contribution in [0.3, 0.4) is 0 Å². The maximum atomic E-state index is 11.4. The summed E-state index contributed by atoms with van der Waals surface area (Å²) in [6.07, 6.45) is 1.62. The van der Waals surface area contributed by atoms with Crippen molar-refractivity contribution in [3.05, 3.63) is 0 Å². The number of carboxylic acids is 1. The van der Waals surface area contributed by atoms with Crippen LogP contribution in [0, 0.1) is 0 Å². The van der Waals surface area contributed by atoms with Crippen LogP contribution in [-0.4, -0.2) is 47.3 Å². The molecule has 14 heavy (non-hydrogen) atoms. The van der Waals surface area contributed by atoms with Crippen LogP contribution in [0.4, 0.5) is 0 Å². The summed E-state index contributed by atoms with van der Waals surface area (Å²) in [4.78, 5) is 21.9. The first-order valence-corrected chi connectivity index (χ1v) is 4.52. The average Bonchev–Trinajstić information content (AvgIpc) is 2.65. The molecule has 1 saturated heterocycles. The van der Waals surface area contributed by atoms with E-state index in [2.05, 4.69) is 10.6 Å². The molecule has 1 amide bonds. The first-order valence-electron chi connectivity index (χ1n) is 4.52. The summed E-state index contributed by atoms with van der Waals surface area (Å²) < 4.78 is 0. The Hall–Kier alpha value is -1.14. The van der Waals surface area contributed by atoms with Gasteiger partial charge in [-0.05, 0) is 19.4 Å². The number of hydrogen-bond donors (Lipinski definition) is 4. The topological polar surface area (TPSA) is 98.7 Å². The Balaban J connectivity index is 2.41. The molecule has 1 unspecified atom stereocenters. The van der Waals surface area contributed by atoms with E-state index in [0.29, 0.717) is 6.42 Å². The Bertz CT molecular complexity index is 225. The Kier molecular flexibility index (Phi) is 3.84. The Labute approximate surface area is 81.3 Å². The summed E-state index contributed by atoms with van der Waals surface area (Å²) in [7, 11) is 0. The van der Waals surface area contributed by atoms with E-state index in [1.54, 1.807) is 0 Å². The quantitative estimate of drug-likeness (QED) is 0.435. The number of carbonyl (C=O) groups is 2. The van der Waals surface area contributed by atoms with Gasteiger partial charge in [-0.1, -0.05) is 0 Å². The maximum Gasteiger partial charge on any atom is 0.328 e. The van der Waals surface area contributed by atoms with Crippen LogP contribution in [0.2, 0.25) is 0 Å². The molecule has 1 rings (SSSR count). The molecule has 80 valence electrons. The van der Waals surface area contributed by atoms with Gasteiger partial charge in [0.25, 0.3) is 0 Å². The van der Waals surface area contributed by atoms with Gasteiger partial charge in [0.05, 0.1) is 12.6 Å². The Morgan fingerprint density at radius 2 is 2.29 bits per heavy atom. The van der Waals surface area contributed by atoms with Gasteiger partial charge in [0.15, 0.2) is 0 Å². The second-order valence-electron chi connectivity index (χ2n) is 3.23. The first-order chi connectivity index (χ1) is 6.65. The molecular weight excluding hydrogens is 188 g/mol. The summed E-state index contributed by atoms with van der Waals surface area (Å²) in [5, 5.41) is 22.4. The lowest BCUT2D eigenvalue weighted by Gasteiger charge is -2.15. The fourth-order valence-corrected chi connectivity index (χ4v) is 1.37. The normalized spacial score (nSPS) is 23.1. The monoisotopic (exact) mass is 202 g/mol. The molecule has 2 atom stereocenters. The molecule has 4 N–H and O–H groups in total. The third-order valence-corrected chi connectivity index (χ3v) is 2.17. The molecule has 6 heteroatoms. The van der Waals surface area contributed by atoms with Gasteiger partial charge in [0.2, 0.25) is 5.91 Å². The number of aliphatic carboxylic acids is 1. The summed E-state index contributed by atoms with van der Waals surface area (Å²) in [6.45, 7) is 0.183. The highest BCUT2D eigenvalue weighted by Gasteiger charge is 2.26. The Morgan fingerprint density at radius 3 is 2.71 bits per heavy atom. The maximum absolute atomic E-state index is 11.4. The number of carboxylic acid groups (broad SMARTS) is 1. The van der Waals surface area contributed by atoms with Gasteiger partial charge < -0.3 is 20.8 Å². The van der Waals surface area contributed by atoms with Gasteiger partial charge in [-0.3, -0.25) is 4.79 Å². The molecule has 0 spiro atoms. The number of aliphatic hydroxyl groups is 1. The van der Waals surface area contributed by atoms with Gasteiger partial charge in [0.1, 0.15) is 6.04 Å². The van der Waals surface area contributed by atoms with Crippen LogP contribution < -0.4 is 10.6 Å². The lowest BCUT2D eigenvalue weighted by molar-refractivity contribution is -0.143. The second kappa shape index (κ2) is 4.92. The SMILES string of the molecule is O=C(O)C(CO)NC(=O)[C@@H]1CCCN1. The van der Waals surface area contributed by atoms with Crippen molar-refractivity contribution in [1.29, 1.82) is 0 Å². The summed E-state index contributed by atoms with van der Waals surface area (Å²) in [6, 6.07) is -1.52. The molecule has 0 aliphatic carbocycles. The number of carbonyl (C=O) groups excluding carboxylic acids is 1. The molecule has 0 radical (unpaired) electrons. The summed E-state index contributed by atoms with van der Waals surface area (Å²) in [5.74, 6) is -1.58. The van der Waals surface area contributed by atoms with Gasteiger partial charge in [-0.2, -0.15) is 0 Å². The van der Waals surface area contributed by atoms with E-state index in [4.69, 9.17) is 10.2 Å². The fourth-order valence-electron chi connectivity index (χ4n) is 1.37. The van der Waals surface area contributed by atoms with Crippen molar-refractivity contribution in [2.45, 2.75) is 24.9 Å². The van der Waals surface area contributed by atoms with Crippen LogP contribution in [0.25, 0.3) is 0 Å². The number of nitrogens with one attached hydrogen (secondary N) is 2. The number of amides is 1. The van der Waals surface area contributed by atoms with Crippen molar-refractivity contribution in [2.75, 3.05) is 13.2 Å². The van der Waals surface area contributed by atoms with E-state index < -0.39 is 18.6 Å². The molecule has 0 aromatic rings. The lowest BCUT2D eigenvalue weighted by atomic mass is 10.2. The van der Waals surface area contributed by atoms with Crippen molar-refractivity contribution in [2.24, 2.45) is 0 Å². The molecule has 0 aromatic heterocycles. The zero-order valence-electron chi connectivity index (χ0n) is 7.69. The van der Waals surface area contributed by atoms with Gasteiger partial charge >= 0.3 is 5.97 Å². The van der Waals surface area contributed by atoms with Crippen LogP contribution in [0.15, 0.2) is 0 Å². The molecule has 6 nitrogen and oxygen atoms in total. The van der Waals surface area contributed by atoms with E-state index in [-0.39, 0.29) is 11.9 Å². The van der Waals surface area contributed by atoms with E-state index in [1.807, 2.05) is 0 Å². The molecular formula is C8H14N2O4. The van der Waals surface area contributed by atoms with Crippen LogP contribution in [-0.2, 0) is 9.59 Å². The standard InChI is InChI=1S/C8H14N2O4/c11-4-6(8(13)14)10-7(12)5-2-1-3-9-5/h5-6,9,11H,1-4H2,(H,10,12)(H,13,14)/t5-,6?/m0/s1. The summed E-state index contributed by atoms with van der Waals surface area (Å²) in [5.41, 5.74) is 0. The molecule has 0 bridgehead atoms. The lowest BCUT2D eigenvalue weighted by Crippen LogP contribution is -2.49. The first kappa shape index (κ1) is 10.9. The van der Waals surface area contributed by atoms with Crippen LogP contribution >= 0.6 is 0 Å². The molecule has 0 aromatic carbocycles. The molecule has 1 fully saturated rings. The van der Waals surface area contributed by atoms with Crippen molar-refractivity contribution < 1.29 is 19.8 Å². The van der Waals surface area contributed by atoms with Crippen molar-refractivity contribution in [3.63, 3.8) is 0 Å². The van der Waals surface area contributed by atoms with Crippen molar-refractivity contribution in [3.8, 4) is 0 Å². The fraction of sp³-hybridized carbons (Fsp3) is 0.750. The minimum atomic E-state index is -1.22. The van der Waals surface area contributed by atoms with Crippen LogP contribution in [0.5, 0.6) is 0 Å². The van der Waals surface area contributed by atoms with Gasteiger partial charge in [-0.15, -0.1) is 0 Å². The smallest absolute Gasteiger partial charge is 0.328 e. The number of aliphatic hydroxyl groups excluding tert-OH is 1. The highest BCUT2D eigenvalue weighted by molar-refractivity contribution is 5.87. The molecule has 1 heterocycles. The average molecular weight is 202 g/mol. The van der Waals surface area contributed by atoms with Crippen molar-refractivity contribution in [1.82, 2.24) is 10.6 Å². The highest BCUT2D eigenvalue weighted by Crippen LogP contribution is 2.04. The van der Waals surface area contributed by atoms with Crippen LogP contribution in [0.1, 0.15) is 12.8 Å². The second-order valence-corrected chi connectivity index (χ2v) is 3.23. The minimum absolute atomic E-state index is 0.316. The summed E-state index contributed by atoms with van der Waals surface area (Å²) >= 11 is 0. The third kappa shape index (κ3) is 2.68. The molecule has 0 saturated carbocycles. The minimum Gasteiger partial charge on any atom is -0.480 e. The molecule has 1 aliphatic heterocycles. The van der Waals surface area contributed by atoms with Gasteiger partial charge in [-0.25, -0.2) is 4.79 Å². The predicted molar refractivity (Wildman–Crippen MR) is 47.7 cm³/mol. The van der Waals surface area contributed by atoms with Gasteiger partial charge in [0, 0.05) is 0 Å². The molecule has 1 aliphatic rings. The zero-order valence-corrected chi connectivity index (χ0v) is 7.69. The Morgan fingerprint density at radius 1 is 1.57 bits per heavy atom. The van der Waals surface area contributed by atoms with Crippen molar-refractivity contribution >= 4 is 11.9 Å². The largest absolute Gasteiger partial charge is 0.480 e. The zero-order chi connectivity index (χ0) is 10.6. The highest BCUT2D eigenvalue weighted by atomic mass is 16.4. The predicted octanol–water partition coefficient (Wildman–Crippen LogP) is -1.70. The van der Waals surface area contributed by atoms with E-state index >= 15 is 0 Å². The van der Waals surface area contributed by atoms with E-state index in [0.717, 1.165) is 13.0 Å². The van der Waals surface area contributed by atoms with E-state index in [1.165, 1.54) is 0 Å². The number of rotatable bonds is 4. The number of hydrogen-bond acceptors (Lipinski definition) is 4. The third-order valence-electron chi connectivity index (χ3n) is 2.17. The van der Waals surface area contributed by atoms with E-state index in [9.17, 15) is 9.59 Å².